The van der Waals surface area contributed by atoms with Gasteiger partial charge in [0.25, 0.3) is 0 Å². The molecule has 1 rings (SSSR count). The van der Waals surface area contributed by atoms with Crippen LogP contribution < -0.4 is 5.73 Å². The highest BCUT2D eigenvalue weighted by molar-refractivity contribution is 9.11. The molecule has 17 heavy (non-hydrogen) atoms. The first-order valence-corrected chi connectivity index (χ1v) is 7.81. The Balaban J connectivity index is 2.57. The molecule has 0 radical (unpaired) electrons. The average molecular weight is 318 g/mol. The van der Waals surface area contributed by atoms with Crippen LogP contribution in [0.4, 0.5) is 0 Å². The van der Waals surface area contributed by atoms with E-state index in [1.165, 1.54) is 20.6 Å². The Bertz CT molecular complexity index is 345. The van der Waals surface area contributed by atoms with E-state index in [0.717, 1.165) is 6.42 Å². The van der Waals surface area contributed by atoms with Crippen molar-refractivity contribution in [3.63, 3.8) is 0 Å². The highest BCUT2D eigenvalue weighted by Gasteiger charge is 2.19. The smallest absolute Gasteiger partial charge is 0.0731 e. The lowest BCUT2D eigenvalue weighted by atomic mass is 9.83. The second-order valence-corrected chi connectivity index (χ2v) is 8.72. The van der Waals surface area contributed by atoms with Crippen molar-refractivity contribution in [3.05, 3.63) is 20.3 Å². The van der Waals surface area contributed by atoms with Crippen molar-refractivity contribution in [1.29, 1.82) is 0 Å². The van der Waals surface area contributed by atoms with Gasteiger partial charge in [-0.3, -0.25) is 0 Å². The van der Waals surface area contributed by atoms with Crippen molar-refractivity contribution >= 4 is 27.3 Å². The highest BCUT2D eigenvalue weighted by Crippen LogP contribution is 2.35. The van der Waals surface area contributed by atoms with Crippen molar-refractivity contribution in [3.8, 4) is 0 Å². The molecule has 0 fully saturated rings. The Morgan fingerprint density at radius 2 is 2.00 bits per heavy atom. The molecule has 2 atom stereocenters. The highest BCUT2D eigenvalue weighted by atomic mass is 79.9. The number of nitrogens with two attached hydrogens (primary N) is 1. The minimum Gasteiger partial charge on any atom is -0.323 e. The molecule has 0 aliphatic rings. The van der Waals surface area contributed by atoms with E-state index in [2.05, 4.69) is 56.6 Å². The first-order chi connectivity index (χ1) is 7.69. The Morgan fingerprint density at radius 1 is 1.41 bits per heavy atom. The van der Waals surface area contributed by atoms with Crippen LogP contribution in [0, 0.1) is 18.3 Å². The SMILES string of the molecule is Cc1cc(C(N)CC(C)CC(C)(C)C)sc1Br. The topological polar surface area (TPSA) is 26.0 Å². The van der Waals surface area contributed by atoms with E-state index in [4.69, 9.17) is 5.73 Å². The number of aryl methyl sites for hydroxylation is 1. The van der Waals surface area contributed by atoms with Crippen molar-refractivity contribution in [1.82, 2.24) is 0 Å². The Hall–Kier alpha value is 0.140. The van der Waals surface area contributed by atoms with Crippen molar-refractivity contribution in [2.45, 2.75) is 53.5 Å². The summed E-state index contributed by atoms with van der Waals surface area (Å²) in [6, 6.07) is 2.39. The van der Waals surface area contributed by atoms with Gasteiger partial charge < -0.3 is 5.73 Å². The van der Waals surface area contributed by atoms with E-state index in [1.807, 2.05) is 0 Å². The minimum atomic E-state index is 0.183. The van der Waals surface area contributed by atoms with E-state index in [1.54, 1.807) is 11.3 Å². The normalized spacial score (nSPS) is 15.9. The summed E-state index contributed by atoms with van der Waals surface area (Å²) in [5.74, 6) is 0.672. The molecular formula is C14H24BrNS. The summed E-state index contributed by atoms with van der Waals surface area (Å²) >= 11 is 5.34. The van der Waals surface area contributed by atoms with E-state index >= 15 is 0 Å². The zero-order valence-corrected chi connectivity index (χ0v) is 13.9. The van der Waals surface area contributed by atoms with Crippen LogP contribution in [0.15, 0.2) is 9.85 Å². The third kappa shape index (κ3) is 5.11. The van der Waals surface area contributed by atoms with Gasteiger partial charge in [0.1, 0.15) is 0 Å². The van der Waals surface area contributed by atoms with Crippen molar-refractivity contribution in [2.75, 3.05) is 0 Å². The third-order valence-corrected chi connectivity index (χ3v) is 5.13. The maximum atomic E-state index is 6.29. The molecule has 0 spiro atoms. The predicted octanol–water partition coefficient (Wildman–Crippen LogP) is 5.28. The monoisotopic (exact) mass is 317 g/mol. The lowest BCUT2D eigenvalue weighted by molar-refractivity contribution is 0.287. The molecule has 1 nitrogen and oxygen atoms in total. The summed E-state index contributed by atoms with van der Waals surface area (Å²) in [6.07, 6.45) is 2.30. The van der Waals surface area contributed by atoms with Gasteiger partial charge in [0.05, 0.1) is 3.79 Å². The molecular weight excluding hydrogens is 294 g/mol. The Morgan fingerprint density at radius 3 is 2.41 bits per heavy atom. The summed E-state index contributed by atoms with van der Waals surface area (Å²) in [5, 5.41) is 0. The Kier molecular flexibility index (Phi) is 5.23. The second-order valence-electron chi connectivity index (χ2n) is 6.32. The summed E-state index contributed by atoms with van der Waals surface area (Å²) < 4.78 is 1.21. The zero-order valence-electron chi connectivity index (χ0n) is 11.5. The molecule has 1 heterocycles. The van der Waals surface area contributed by atoms with Crippen molar-refractivity contribution < 1.29 is 0 Å². The maximum Gasteiger partial charge on any atom is 0.0731 e. The van der Waals surface area contributed by atoms with Crippen LogP contribution >= 0.6 is 27.3 Å². The summed E-state index contributed by atoms with van der Waals surface area (Å²) in [6.45, 7) is 11.3. The van der Waals surface area contributed by atoms with E-state index in [-0.39, 0.29) is 6.04 Å². The summed E-state index contributed by atoms with van der Waals surface area (Å²) in [4.78, 5) is 1.30. The second kappa shape index (κ2) is 5.85. The van der Waals surface area contributed by atoms with Crippen LogP contribution in [-0.2, 0) is 0 Å². The lowest BCUT2D eigenvalue weighted by Gasteiger charge is -2.24. The number of hydrogen-bond donors (Lipinski definition) is 1. The van der Waals surface area contributed by atoms with Gasteiger partial charge in [0.2, 0.25) is 0 Å². The zero-order chi connectivity index (χ0) is 13.2. The van der Waals surface area contributed by atoms with Crippen LogP contribution in [0.25, 0.3) is 0 Å². The van der Waals surface area contributed by atoms with Crippen LogP contribution in [0.5, 0.6) is 0 Å². The molecule has 0 aliphatic heterocycles. The van der Waals surface area contributed by atoms with Gasteiger partial charge in [-0.15, -0.1) is 11.3 Å². The van der Waals surface area contributed by atoms with E-state index < -0.39 is 0 Å². The standard InChI is InChI=1S/C14H24BrNS/c1-9(8-14(3,4)5)6-11(16)12-7-10(2)13(15)17-12/h7,9,11H,6,8,16H2,1-5H3. The fourth-order valence-corrected chi connectivity index (χ4v) is 3.93. The predicted molar refractivity (Wildman–Crippen MR) is 81.5 cm³/mol. The van der Waals surface area contributed by atoms with Gasteiger partial charge in [-0.25, -0.2) is 0 Å². The van der Waals surface area contributed by atoms with Crippen LogP contribution in [-0.4, -0.2) is 0 Å². The van der Waals surface area contributed by atoms with Gasteiger partial charge >= 0.3 is 0 Å². The lowest BCUT2D eigenvalue weighted by Crippen LogP contribution is -2.17. The largest absolute Gasteiger partial charge is 0.323 e. The van der Waals surface area contributed by atoms with Gasteiger partial charge in [-0.2, -0.15) is 0 Å². The number of thiophene rings is 1. The molecule has 3 heteroatoms. The molecule has 1 aromatic heterocycles. The minimum absolute atomic E-state index is 0.183. The quantitative estimate of drug-likeness (QED) is 0.803. The number of halogens is 1. The molecule has 0 amide bonds. The van der Waals surface area contributed by atoms with Crippen LogP contribution in [0.2, 0.25) is 0 Å². The first-order valence-electron chi connectivity index (χ1n) is 6.20. The number of rotatable bonds is 4. The summed E-state index contributed by atoms with van der Waals surface area (Å²) in [5.41, 5.74) is 7.98. The average Bonchev–Trinajstić information content (AvgIpc) is 2.43. The van der Waals surface area contributed by atoms with Crippen molar-refractivity contribution in [2.24, 2.45) is 17.1 Å². The molecule has 0 saturated carbocycles. The van der Waals surface area contributed by atoms with Gasteiger partial charge in [0.15, 0.2) is 0 Å². The third-order valence-electron chi connectivity index (χ3n) is 2.86. The van der Waals surface area contributed by atoms with Gasteiger partial charge in [-0.1, -0.05) is 27.7 Å². The molecule has 0 aromatic carbocycles. The molecule has 2 N–H and O–H groups in total. The van der Waals surface area contributed by atoms with E-state index in [0.29, 0.717) is 11.3 Å². The number of hydrogen-bond acceptors (Lipinski definition) is 2. The van der Waals surface area contributed by atoms with Gasteiger partial charge in [0, 0.05) is 10.9 Å². The molecule has 0 bridgehead atoms. The Labute approximate surface area is 118 Å². The molecule has 0 aliphatic carbocycles. The first kappa shape index (κ1) is 15.2. The molecule has 2 unspecified atom stereocenters. The van der Waals surface area contributed by atoms with E-state index in [9.17, 15) is 0 Å². The van der Waals surface area contributed by atoms with Crippen LogP contribution in [0.1, 0.15) is 57.0 Å². The molecule has 1 aromatic rings. The fourth-order valence-electron chi connectivity index (χ4n) is 2.34. The molecule has 98 valence electrons. The van der Waals surface area contributed by atoms with Crippen LogP contribution in [0.3, 0.4) is 0 Å². The van der Waals surface area contributed by atoms with Gasteiger partial charge in [-0.05, 0) is 58.7 Å². The summed E-state index contributed by atoms with van der Waals surface area (Å²) in [7, 11) is 0. The maximum absolute atomic E-state index is 6.29. The fraction of sp³-hybridized carbons (Fsp3) is 0.714. The molecule has 0 saturated heterocycles.